The highest BCUT2D eigenvalue weighted by Gasteiger charge is 2.45. The van der Waals surface area contributed by atoms with Crippen LogP contribution in [0.5, 0.6) is 0 Å². The van der Waals surface area contributed by atoms with Gasteiger partial charge in [0.2, 0.25) is 5.91 Å². The quantitative estimate of drug-likeness (QED) is 0.803. The van der Waals surface area contributed by atoms with Crippen LogP contribution in [0.3, 0.4) is 0 Å². The first-order valence-corrected chi connectivity index (χ1v) is 6.86. The molecule has 1 saturated carbocycles. The number of nitrogens with one attached hydrogen (secondary N) is 1. The minimum Gasteiger partial charge on any atom is -0.357 e. The smallest absolute Gasteiger partial charge is 0.240 e. The van der Waals surface area contributed by atoms with Crippen LogP contribution in [0, 0.1) is 0 Å². The number of nitrogens with zero attached hydrogens (tertiary/aromatic N) is 2. The van der Waals surface area contributed by atoms with Crippen LogP contribution in [0.4, 0.5) is 5.82 Å². The van der Waals surface area contributed by atoms with Crippen molar-refractivity contribution in [2.24, 2.45) is 5.73 Å². The van der Waals surface area contributed by atoms with E-state index in [0.717, 1.165) is 37.3 Å². The van der Waals surface area contributed by atoms with E-state index in [9.17, 15) is 4.79 Å². The van der Waals surface area contributed by atoms with E-state index in [1.807, 2.05) is 18.3 Å². The Morgan fingerprint density at radius 3 is 2.58 bits per heavy atom. The molecule has 0 atom stereocenters. The summed E-state index contributed by atoms with van der Waals surface area (Å²) in [6.45, 7) is 6.58. The van der Waals surface area contributed by atoms with Gasteiger partial charge in [-0.05, 0) is 38.3 Å². The van der Waals surface area contributed by atoms with Gasteiger partial charge in [-0.15, -0.1) is 0 Å². The first-order valence-electron chi connectivity index (χ1n) is 6.86. The van der Waals surface area contributed by atoms with Gasteiger partial charge >= 0.3 is 0 Å². The molecular formula is C14H22N4O. The van der Waals surface area contributed by atoms with Crippen molar-refractivity contribution in [3.63, 3.8) is 0 Å². The Labute approximate surface area is 114 Å². The fourth-order valence-electron chi connectivity index (χ4n) is 1.98. The summed E-state index contributed by atoms with van der Waals surface area (Å²) in [5.74, 6) is 0.915. The first kappa shape index (κ1) is 13.8. The second kappa shape index (κ2) is 5.57. The lowest BCUT2D eigenvalue weighted by Crippen LogP contribution is -2.42. The number of rotatable bonds is 6. The van der Waals surface area contributed by atoms with Crippen LogP contribution in [-0.4, -0.2) is 29.5 Å². The van der Waals surface area contributed by atoms with Crippen LogP contribution >= 0.6 is 0 Å². The summed E-state index contributed by atoms with van der Waals surface area (Å²) in [4.78, 5) is 18.3. The van der Waals surface area contributed by atoms with Crippen LogP contribution in [-0.2, 0) is 11.3 Å². The van der Waals surface area contributed by atoms with Crippen molar-refractivity contribution in [1.29, 1.82) is 0 Å². The molecule has 1 aromatic rings. The molecule has 5 nitrogen and oxygen atoms in total. The third-order valence-corrected chi connectivity index (χ3v) is 3.59. The molecule has 5 heteroatoms. The van der Waals surface area contributed by atoms with E-state index in [4.69, 9.17) is 5.73 Å². The Morgan fingerprint density at radius 1 is 1.42 bits per heavy atom. The van der Waals surface area contributed by atoms with E-state index < -0.39 is 5.54 Å². The Balaban J connectivity index is 1.90. The van der Waals surface area contributed by atoms with Gasteiger partial charge in [-0.2, -0.15) is 0 Å². The highest BCUT2D eigenvalue weighted by atomic mass is 16.2. The van der Waals surface area contributed by atoms with Crippen LogP contribution < -0.4 is 16.0 Å². The zero-order chi connectivity index (χ0) is 13.9. The largest absolute Gasteiger partial charge is 0.357 e. The van der Waals surface area contributed by atoms with Crippen molar-refractivity contribution < 1.29 is 4.79 Å². The van der Waals surface area contributed by atoms with E-state index in [1.165, 1.54) is 0 Å². The predicted octanol–water partition coefficient (Wildman–Crippen LogP) is 1.04. The van der Waals surface area contributed by atoms with Crippen LogP contribution in [0.15, 0.2) is 18.3 Å². The van der Waals surface area contributed by atoms with Crippen LogP contribution in [0.2, 0.25) is 0 Å². The molecule has 3 N–H and O–H groups in total. The fraction of sp³-hybridized carbons (Fsp3) is 0.571. The molecule has 1 heterocycles. The number of hydrogen-bond donors (Lipinski definition) is 2. The number of anilines is 1. The van der Waals surface area contributed by atoms with Crippen LogP contribution in [0.1, 0.15) is 32.3 Å². The SMILES string of the molecule is CCN(CC)c1ccc(CNC(=O)C2(N)CC2)cn1. The van der Waals surface area contributed by atoms with Gasteiger partial charge in [0.05, 0.1) is 5.54 Å². The maximum atomic E-state index is 11.7. The minimum absolute atomic E-state index is 0.0553. The Hall–Kier alpha value is -1.62. The number of aromatic nitrogens is 1. The van der Waals surface area contributed by atoms with E-state index in [0.29, 0.717) is 6.54 Å². The molecule has 1 amide bonds. The highest BCUT2D eigenvalue weighted by molar-refractivity contribution is 5.88. The maximum absolute atomic E-state index is 11.7. The molecule has 104 valence electrons. The Kier molecular flexibility index (Phi) is 4.04. The summed E-state index contributed by atoms with van der Waals surface area (Å²) in [6, 6.07) is 3.99. The molecule has 0 aliphatic heterocycles. The van der Waals surface area contributed by atoms with Gasteiger partial charge < -0.3 is 16.0 Å². The highest BCUT2D eigenvalue weighted by Crippen LogP contribution is 2.32. The van der Waals surface area contributed by atoms with Gasteiger partial charge in [0.25, 0.3) is 0 Å². The molecule has 2 rings (SSSR count). The molecule has 0 unspecified atom stereocenters. The molecule has 0 radical (unpaired) electrons. The summed E-state index contributed by atoms with van der Waals surface area (Å²) < 4.78 is 0. The molecule has 19 heavy (non-hydrogen) atoms. The van der Waals surface area contributed by atoms with Crippen molar-refractivity contribution >= 4 is 11.7 Å². The summed E-state index contributed by atoms with van der Waals surface area (Å²) >= 11 is 0. The molecule has 0 bridgehead atoms. The average Bonchev–Trinajstić information content (AvgIpc) is 3.18. The standard InChI is InChI=1S/C14H22N4O/c1-3-18(4-2)12-6-5-11(9-16-12)10-17-13(19)14(15)7-8-14/h5-6,9H,3-4,7-8,10,15H2,1-2H3,(H,17,19). The zero-order valence-electron chi connectivity index (χ0n) is 11.6. The maximum Gasteiger partial charge on any atom is 0.240 e. The molecule has 1 aliphatic carbocycles. The second-order valence-electron chi connectivity index (χ2n) is 5.04. The topological polar surface area (TPSA) is 71.2 Å². The van der Waals surface area contributed by atoms with Crippen molar-refractivity contribution in [1.82, 2.24) is 10.3 Å². The predicted molar refractivity (Wildman–Crippen MR) is 75.8 cm³/mol. The lowest BCUT2D eigenvalue weighted by molar-refractivity contribution is -0.123. The Bertz CT molecular complexity index is 435. The molecule has 1 aliphatic rings. The lowest BCUT2D eigenvalue weighted by Gasteiger charge is -2.19. The zero-order valence-corrected chi connectivity index (χ0v) is 11.6. The number of carbonyl (C=O) groups is 1. The number of amides is 1. The van der Waals surface area contributed by atoms with Gasteiger partial charge in [0, 0.05) is 25.8 Å². The second-order valence-corrected chi connectivity index (χ2v) is 5.04. The number of carbonyl (C=O) groups excluding carboxylic acids is 1. The molecule has 0 spiro atoms. The minimum atomic E-state index is -0.603. The first-order chi connectivity index (χ1) is 9.09. The van der Waals surface area contributed by atoms with Crippen molar-refractivity contribution in [3.05, 3.63) is 23.9 Å². The average molecular weight is 262 g/mol. The summed E-state index contributed by atoms with van der Waals surface area (Å²) in [5, 5.41) is 2.86. The third kappa shape index (κ3) is 3.23. The fourth-order valence-corrected chi connectivity index (χ4v) is 1.98. The Morgan fingerprint density at radius 2 is 2.11 bits per heavy atom. The van der Waals surface area contributed by atoms with Gasteiger partial charge in [0.15, 0.2) is 0 Å². The number of hydrogen-bond acceptors (Lipinski definition) is 4. The molecule has 1 fully saturated rings. The third-order valence-electron chi connectivity index (χ3n) is 3.59. The van der Waals surface area contributed by atoms with Crippen molar-refractivity contribution in [2.45, 2.75) is 38.8 Å². The monoisotopic (exact) mass is 262 g/mol. The summed E-state index contributed by atoms with van der Waals surface area (Å²) in [6.07, 6.45) is 3.39. The number of pyridine rings is 1. The van der Waals surface area contributed by atoms with Crippen molar-refractivity contribution in [2.75, 3.05) is 18.0 Å². The van der Waals surface area contributed by atoms with Gasteiger partial charge in [-0.25, -0.2) is 4.98 Å². The lowest BCUT2D eigenvalue weighted by atomic mass is 10.2. The van der Waals surface area contributed by atoms with Gasteiger partial charge in [-0.1, -0.05) is 6.07 Å². The number of nitrogens with two attached hydrogens (primary N) is 1. The molecule has 0 saturated heterocycles. The summed E-state index contributed by atoms with van der Waals surface area (Å²) in [5.41, 5.74) is 6.21. The normalized spacial score (nSPS) is 15.9. The van der Waals surface area contributed by atoms with Crippen LogP contribution in [0.25, 0.3) is 0 Å². The van der Waals surface area contributed by atoms with Gasteiger partial charge in [0.1, 0.15) is 5.82 Å². The van der Waals surface area contributed by atoms with Crippen molar-refractivity contribution in [3.8, 4) is 0 Å². The van der Waals surface area contributed by atoms with E-state index in [1.54, 1.807) is 0 Å². The van der Waals surface area contributed by atoms with E-state index in [-0.39, 0.29) is 5.91 Å². The van der Waals surface area contributed by atoms with E-state index in [2.05, 4.69) is 29.0 Å². The van der Waals surface area contributed by atoms with Gasteiger partial charge in [-0.3, -0.25) is 4.79 Å². The molecular weight excluding hydrogens is 240 g/mol. The van der Waals surface area contributed by atoms with E-state index >= 15 is 0 Å². The molecule has 0 aromatic carbocycles. The molecule has 1 aromatic heterocycles. The summed E-state index contributed by atoms with van der Waals surface area (Å²) in [7, 11) is 0.